The van der Waals surface area contributed by atoms with Crippen molar-refractivity contribution >= 4 is 22.6 Å². The Labute approximate surface area is 208 Å². The first-order chi connectivity index (χ1) is 17.6. The summed E-state index contributed by atoms with van der Waals surface area (Å²) >= 11 is 0. The van der Waals surface area contributed by atoms with Gasteiger partial charge in [-0.25, -0.2) is 19.5 Å². The van der Waals surface area contributed by atoms with E-state index in [1.807, 2.05) is 36.1 Å². The van der Waals surface area contributed by atoms with Crippen molar-refractivity contribution in [1.82, 2.24) is 29.1 Å². The third-order valence-corrected chi connectivity index (χ3v) is 7.95. The minimum atomic E-state index is -0.405. The number of hydrogen-bond donors (Lipinski definition) is 1. The molecule has 0 aromatic carbocycles. The van der Waals surface area contributed by atoms with Gasteiger partial charge in [0.1, 0.15) is 5.82 Å². The minimum absolute atomic E-state index is 0.135. The zero-order valence-electron chi connectivity index (χ0n) is 20.5. The van der Waals surface area contributed by atoms with E-state index in [1.54, 1.807) is 0 Å². The zero-order valence-corrected chi connectivity index (χ0v) is 20.5. The summed E-state index contributed by atoms with van der Waals surface area (Å²) in [5, 5.41) is 7.97. The molecule has 2 fully saturated rings. The summed E-state index contributed by atoms with van der Waals surface area (Å²) in [4.78, 5) is 13.9. The summed E-state index contributed by atoms with van der Waals surface area (Å²) in [5.41, 5.74) is 4.43. The maximum atomic E-state index is 12.9. The second-order valence-corrected chi connectivity index (χ2v) is 10.2. The van der Waals surface area contributed by atoms with Crippen LogP contribution in [0.5, 0.6) is 0 Å². The van der Waals surface area contributed by atoms with Gasteiger partial charge in [-0.2, -0.15) is 0 Å². The molecule has 1 saturated heterocycles. The van der Waals surface area contributed by atoms with E-state index in [0.29, 0.717) is 24.8 Å². The van der Waals surface area contributed by atoms with Crippen molar-refractivity contribution in [2.75, 3.05) is 31.9 Å². The molecule has 190 valence electrons. The van der Waals surface area contributed by atoms with Crippen LogP contribution in [-0.4, -0.2) is 61.7 Å². The number of imidazole rings is 1. The number of ether oxygens (including phenoxy) is 1. The number of hydrogen-bond acceptors (Lipinski definition) is 6. The van der Waals surface area contributed by atoms with Crippen molar-refractivity contribution in [3.05, 3.63) is 36.5 Å². The normalized spacial score (nSPS) is 18.6. The number of halogens is 2. The van der Waals surface area contributed by atoms with Crippen LogP contribution in [0.15, 0.2) is 30.7 Å². The van der Waals surface area contributed by atoms with Crippen LogP contribution in [0.25, 0.3) is 27.8 Å². The standard InChI is InChI=1S/C26H31F2N7O/c1-17-31-24-22(35(17)20-3-10-36-11-4-20)12-18(15-29-24)21-2-9-34-23(21)16-30-25(33-34)32-19-13-26(14-19,5-7-27)6-8-28/h2,9,12,15-16,19-20H,3-8,10-11,13-14H2,1H3,(H,32,33). The number of anilines is 1. The second kappa shape index (κ2) is 9.38. The lowest BCUT2D eigenvalue weighted by molar-refractivity contribution is 0.0700. The van der Waals surface area contributed by atoms with E-state index in [9.17, 15) is 8.78 Å². The molecule has 36 heavy (non-hydrogen) atoms. The smallest absolute Gasteiger partial charge is 0.241 e. The molecule has 1 N–H and O–H groups in total. The molecule has 8 nitrogen and oxygen atoms in total. The van der Waals surface area contributed by atoms with Crippen LogP contribution in [-0.2, 0) is 4.74 Å². The van der Waals surface area contributed by atoms with Crippen LogP contribution >= 0.6 is 0 Å². The summed E-state index contributed by atoms with van der Waals surface area (Å²) in [6.45, 7) is 2.76. The fourth-order valence-corrected chi connectivity index (χ4v) is 6.06. The van der Waals surface area contributed by atoms with Crippen LogP contribution in [0, 0.1) is 12.3 Å². The lowest BCUT2D eigenvalue weighted by Gasteiger charge is -2.47. The molecule has 5 heterocycles. The van der Waals surface area contributed by atoms with Gasteiger partial charge in [0.15, 0.2) is 5.65 Å². The third kappa shape index (κ3) is 4.11. The fourth-order valence-electron chi connectivity index (χ4n) is 6.06. The zero-order chi connectivity index (χ0) is 24.7. The van der Waals surface area contributed by atoms with E-state index in [0.717, 1.165) is 72.5 Å². The van der Waals surface area contributed by atoms with Crippen molar-refractivity contribution in [1.29, 1.82) is 0 Å². The summed E-state index contributed by atoms with van der Waals surface area (Å²) in [6, 6.07) is 4.68. The van der Waals surface area contributed by atoms with Crippen LogP contribution in [0.1, 0.15) is 50.4 Å². The Morgan fingerprint density at radius 1 is 1.08 bits per heavy atom. The first kappa shape index (κ1) is 23.3. The van der Waals surface area contributed by atoms with Gasteiger partial charge in [-0.15, -0.1) is 5.10 Å². The fraction of sp³-hybridized carbons (Fsp3) is 0.538. The maximum absolute atomic E-state index is 12.9. The van der Waals surface area contributed by atoms with Gasteiger partial charge >= 0.3 is 0 Å². The lowest BCUT2D eigenvalue weighted by Crippen LogP contribution is -2.46. The largest absolute Gasteiger partial charge is 0.381 e. The predicted octanol–water partition coefficient (Wildman–Crippen LogP) is 5.08. The quantitative estimate of drug-likeness (QED) is 0.367. The van der Waals surface area contributed by atoms with Gasteiger partial charge < -0.3 is 14.6 Å². The molecule has 1 saturated carbocycles. The number of aromatic nitrogens is 6. The highest BCUT2D eigenvalue weighted by Gasteiger charge is 2.43. The Morgan fingerprint density at radius 2 is 1.86 bits per heavy atom. The first-order valence-electron chi connectivity index (χ1n) is 12.7. The molecule has 4 aromatic rings. The van der Waals surface area contributed by atoms with Crippen molar-refractivity contribution < 1.29 is 13.5 Å². The molecule has 6 rings (SSSR count). The van der Waals surface area contributed by atoms with Crippen molar-refractivity contribution in [3.63, 3.8) is 0 Å². The van der Waals surface area contributed by atoms with Gasteiger partial charge in [0, 0.05) is 48.8 Å². The van der Waals surface area contributed by atoms with Gasteiger partial charge in [0.25, 0.3) is 0 Å². The van der Waals surface area contributed by atoms with Crippen LogP contribution in [0.4, 0.5) is 14.7 Å². The Morgan fingerprint density at radius 3 is 2.61 bits per heavy atom. The minimum Gasteiger partial charge on any atom is -0.381 e. The number of rotatable bonds is 8. The van der Waals surface area contributed by atoms with Gasteiger partial charge in [-0.3, -0.25) is 8.78 Å². The number of aryl methyl sites for hydroxylation is 1. The van der Waals surface area contributed by atoms with Crippen LogP contribution < -0.4 is 5.32 Å². The molecule has 0 spiro atoms. The third-order valence-electron chi connectivity index (χ3n) is 7.95. The summed E-state index contributed by atoms with van der Waals surface area (Å²) < 4.78 is 35.5. The van der Waals surface area contributed by atoms with Gasteiger partial charge in [0.05, 0.1) is 30.6 Å². The van der Waals surface area contributed by atoms with Crippen molar-refractivity contribution in [3.8, 4) is 11.1 Å². The molecule has 0 bridgehead atoms. The summed E-state index contributed by atoms with van der Waals surface area (Å²) in [6.07, 6.45) is 9.84. The molecule has 0 radical (unpaired) electrons. The number of nitrogens with zero attached hydrogens (tertiary/aromatic N) is 6. The highest BCUT2D eigenvalue weighted by Crippen LogP contribution is 2.48. The van der Waals surface area contributed by atoms with Crippen LogP contribution in [0.2, 0.25) is 0 Å². The predicted molar refractivity (Wildman–Crippen MR) is 134 cm³/mol. The molecular formula is C26H31F2N7O. The maximum Gasteiger partial charge on any atom is 0.241 e. The Bertz CT molecular complexity index is 1360. The first-order valence-corrected chi connectivity index (χ1v) is 12.7. The molecule has 2 aliphatic rings. The van der Waals surface area contributed by atoms with Gasteiger partial charge in [0.2, 0.25) is 5.95 Å². The Balaban J connectivity index is 1.25. The molecule has 0 atom stereocenters. The number of pyridine rings is 1. The number of alkyl halides is 2. The van der Waals surface area contributed by atoms with Crippen molar-refractivity contribution in [2.45, 2.75) is 57.5 Å². The number of nitrogens with one attached hydrogen (secondary N) is 1. The molecular weight excluding hydrogens is 464 g/mol. The lowest BCUT2D eigenvalue weighted by atomic mass is 9.62. The molecule has 4 aromatic heterocycles. The van der Waals surface area contributed by atoms with Gasteiger partial charge in [-0.05, 0) is 63.0 Å². The molecule has 0 unspecified atom stereocenters. The average molecular weight is 496 g/mol. The monoisotopic (exact) mass is 495 g/mol. The Kier molecular flexibility index (Phi) is 6.07. The Hall–Kier alpha value is -3.14. The van der Waals surface area contributed by atoms with Crippen LogP contribution in [0.3, 0.4) is 0 Å². The topological polar surface area (TPSA) is 82.2 Å². The van der Waals surface area contributed by atoms with E-state index in [4.69, 9.17) is 9.72 Å². The van der Waals surface area contributed by atoms with E-state index in [-0.39, 0.29) is 11.5 Å². The SMILES string of the molecule is Cc1nc2ncc(-c3ccn4nc(NC5CC(CCF)(CCF)C5)ncc34)cc2n1C1CCOCC1. The molecule has 0 amide bonds. The highest BCUT2D eigenvalue weighted by atomic mass is 19.1. The highest BCUT2D eigenvalue weighted by molar-refractivity contribution is 5.85. The van der Waals surface area contributed by atoms with E-state index >= 15 is 0 Å². The molecule has 1 aliphatic heterocycles. The summed E-state index contributed by atoms with van der Waals surface area (Å²) in [7, 11) is 0. The molecule has 10 heteroatoms. The second-order valence-electron chi connectivity index (χ2n) is 10.2. The summed E-state index contributed by atoms with van der Waals surface area (Å²) in [5.74, 6) is 1.49. The molecule has 1 aliphatic carbocycles. The van der Waals surface area contributed by atoms with E-state index in [1.165, 1.54) is 0 Å². The van der Waals surface area contributed by atoms with E-state index < -0.39 is 13.3 Å². The van der Waals surface area contributed by atoms with E-state index in [2.05, 4.69) is 31.0 Å². The van der Waals surface area contributed by atoms with Crippen molar-refractivity contribution in [2.24, 2.45) is 5.41 Å². The number of fused-ring (bicyclic) bond motifs is 2. The van der Waals surface area contributed by atoms with Gasteiger partial charge in [-0.1, -0.05) is 0 Å². The average Bonchev–Trinajstić information content (AvgIpc) is 3.43.